The fourth-order valence-electron chi connectivity index (χ4n) is 2.52. The Morgan fingerprint density at radius 3 is 3.00 bits per heavy atom. The molecule has 18 heavy (non-hydrogen) atoms. The molecule has 0 amide bonds. The summed E-state index contributed by atoms with van der Waals surface area (Å²) in [6.07, 6.45) is 5.17. The van der Waals surface area contributed by atoms with Crippen LogP contribution in [-0.4, -0.2) is 35.7 Å². The molecule has 0 spiro atoms. The SMILES string of the molecule is CCOc1ncnc(N2CCCCC2CN)c1C. The third kappa shape index (κ3) is 2.56. The first-order valence-corrected chi connectivity index (χ1v) is 6.69. The Hall–Kier alpha value is -1.36. The Labute approximate surface area is 108 Å². The second-order valence-electron chi connectivity index (χ2n) is 4.64. The molecule has 5 nitrogen and oxygen atoms in total. The molecule has 5 heteroatoms. The number of hydrogen-bond acceptors (Lipinski definition) is 5. The third-order valence-electron chi connectivity index (χ3n) is 3.46. The largest absolute Gasteiger partial charge is 0.478 e. The van der Waals surface area contributed by atoms with E-state index in [4.69, 9.17) is 10.5 Å². The van der Waals surface area contributed by atoms with E-state index in [2.05, 4.69) is 14.9 Å². The average molecular weight is 250 g/mol. The van der Waals surface area contributed by atoms with Gasteiger partial charge in [-0.25, -0.2) is 9.97 Å². The predicted octanol–water partition coefficient (Wildman–Crippen LogP) is 1.50. The highest BCUT2D eigenvalue weighted by atomic mass is 16.5. The molecule has 2 heterocycles. The van der Waals surface area contributed by atoms with Gasteiger partial charge in [-0.15, -0.1) is 0 Å². The van der Waals surface area contributed by atoms with Gasteiger partial charge in [0, 0.05) is 19.1 Å². The summed E-state index contributed by atoms with van der Waals surface area (Å²) in [5.41, 5.74) is 6.88. The van der Waals surface area contributed by atoms with Crippen LogP contribution in [-0.2, 0) is 0 Å². The van der Waals surface area contributed by atoms with Gasteiger partial charge in [0.1, 0.15) is 12.1 Å². The number of hydrogen-bond donors (Lipinski definition) is 1. The van der Waals surface area contributed by atoms with Crippen molar-refractivity contribution >= 4 is 5.82 Å². The molecule has 0 radical (unpaired) electrons. The van der Waals surface area contributed by atoms with Gasteiger partial charge in [-0.05, 0) is 33.1 Å². The maximum absolute atomic E-state index is 5.86. The number of anilines is 1. The van der Waals surface area contributed by atoms with Gasteiger partial charge in [-0.3, -0.25) is 0 Å². The first-order chi connectivity index (χ1) is 8.77. The maximum atomic E-state index is 5.86. The van der Waals surface area contributed by atoms with Crippen LogP contribution >= 0.6 is 0 Å². The standard InChI is InChI=1S/C13H22N4O/c1-3-18-13-10(2)12(15-9-16-13)17-7-5-4-6-11(17)8-14/h9,11H,3-8,14H2,1-2H3. The van der Waals surface area contributed by atoms with Crippen LogP contribution in [0.2, 0.25) is 0 Å². The molecule has 1 atom stereocenters. The van der Waals surface area contributed by atoms with Crippen LogP contribution in [0.4, 0.5) is 5.82 Å². The number of rotatable bonds is 4. The number of piperidine rings is 1. The Bertz CT molecular complexity index is 397. The minimum atomic E-state index is 0.391. The summed E-state index contributed by atoms with van der Waals surface area (Å²) in [6.45, 7) is 6.30. The molecule has 0 aliphatic carbocycles. The summed E-state index contributed by atoms with van der Waals surface area (Å²) >= 11 is 0. The maximum Gasteiger partial charge on any atom is 0.221 e. The summed E-state index contributed by atoms with van der Waals surface area (Å²) in [6, 6.07) is 0.391. The summed E-state index contributed by atoms with van der Waals surface area (Å²) < 4.78 is 5.53. The number of aromatic nitrogens is 2. The fourth-order valence-corrected chi connectivity index (χ4v) is 2.52. The van der Waals surface area contributed by atoms with E-state index in [0.29, 0.717) is 25.1 Å². The second kappa shape index (κ2) is 6.00. The normalized spacial score (nSPS) is 19.9. The zero-order chi connectivity index (χ0) is 13.0. The molecule has 1 aromatic heterocycles. The van der Waals surface area contributed by atoms with Crippen molar-refractivity contribution in [1.29, 1.82) is 0 Å². The van der Waals surface area contributed by atoms with Gasteiger partial charge in [-0.1, -0.05) is 0 Å². The van der Waals surface area contributed by atoms with E-state index in [1.54, 1.807) is 6.33 Å². The average Bonchev–Trinajstić information content (AvgIpc) is 2.41. The molecule has 0 aromatic carbocycles. The number of ether oxygens (including phenoxy) is 1. The Morgan fingerprint density at radius 2 is 2.28 bits per heavy atom. The molecule has 1 saturated heterocycles. The molecular formula is C13H22N4O. The first-order valence-electron chi connectivity index (χ1n) is 6.69. The summed E-state index contributed by atoms with van der Waals surface area (Å²) in [7, 11) is 0. The van der Waals surface area contributed by atoms with Gasteiger partial charge in [-0.2, -0.15) is 0 Å². The van der Waals surface area contributed by atoms with Crippen LogP contribution in [0.1, 0.15) is 31.7 Å². The summed E-state index contributed by atoms with van der Waals surface area (Å²) in [4.78, 5) is 10.9. The lowest BCUT2D eigenvalue weighted by molar-refractivity contribution is 0.323. The second-order valence-corrected chi connectivity index (χ2v) is 4.64. The van der Waals surface area contributed by atoms with Gasteiger partial charge >= 0.3 is 0 Å². The van der Waals surface area contributed by atoms with Crippen LogP contribution in [0, 0.1) is 6.92 Å². The van der Waals surface area contributed by atoms with Crippen molar-refractivity contribution in [3.8, 4) is 5.88 Å². The first kappa shape index (κ1) is 13.1. The van der Waals surface area contributed by atoms with E-state index in [9.17, 15) is 0 Å². The van der Waals surface area contributed by atoms with Crippen LogP contribution in [0.25, 0.3) is 0 Å². The molecule has 2 rings (SSSR count). The lowest BCUT2D eigenvalue weighted by atomic mass is 10.0. The highest BCUT2D eigenvalue weighted by Gasteiger charge is 2.24. The lowest BCUT2D eigenvalue weighted by Crippen LogP contribution is -2.45. The summed E-state index contributed by atoms with van der Waals surface area (Å²) in [5, 5.41) is 0. The Balaban J connectivity index is 2.28. The van der Waals surface area contributed by atoms with E-state index in [0.717, 1.165) is 24.3 Å². The molecule has 1 fully saturated rings. The molecule has 1 unspecified atom stereocenters. The van der Waals surface area contributed by atoms with Gasteiger partial charge in [0.05, 0.1) is 12.2 Å². The monoisotopic (exact) mass is 250 g/mol. The smallest absolute Gasteiger partial charge is 0.221 e. The van der Waals surface area contributed by atoms with Gasteiger partial charge in [0.2, 0.25) is 5.88 Å². The van der Waals surface area contributed by atoms with Crippen LogP contribution in [0.3, 0.4) is 0 Å². The number of nitrogens with zero attached hydrogens (tertiary/aromatic N) is 3. The fraction of sp³-hybridized carbons (Fsp3) is 0.692. The van der Waals surface area contributed by atoms with Gasteiger partial charge in [0.15, 0.2) is 0 Å². The van der Waals surface area contributed by atoms with Crippen molar-refractivity contribution in [3.05, 3.63) is 11.9 Å². The lowest BCUT2D eigenvalue weighted by Gasteiger charge is -2.36. The van der Waals surface area contributed by atoms with Crippen molar-refractivity contribution < 1.29 is 4.74 Å². The quantitative estimate of drug-likeness (QED) is 0.877. The van der Waals surface area contributed by atoms with Crippen LogP contribution in [0.5, 0.6) is 5.88 Å². The van der Waals surface area contributed by atoms with E-state index in [1.807, 2.05) is 13.8 Å². The zero-order valence-corrected chi connectivity index (χ0v) is 11.2. The van der Waals surface area contributed by atoms with Gasteiger partial charge in [0.25, 0.3) is 0 Å². The number of nitrogens with two attached hydrogens (primary N) is 1. The van der Waals surface area contributed by atoms with Crippen LogP contribution in [0.15, 0.2) is 6.33 Å². The molecular weight excluding hydrogens is 228 g/mol. The molecule has 100 valence electrons. The van der Waals surface area contributed by atoms with Crippen molar-refractivity contribution in [1.82, 2.24) is 9.97 Å². The Morgan fingerprint density at radius 1 is 1.44 bits per heavy atom. The summed E-state index contributed by atoms with van der Waals surface area (Å²) in [5.74, 6) is 1.66. The minimum Gasteiger partial charge on any atom is -0.478 e. The molecule has 2 N–H and O–H groups in total. The third-order valence-corrected chi connectivity index (χ3v) is 3.46. The topological polar surface area (TPSA) is 64.3 Å². The van der Waals surface area contributed by atoms with Crippen molar-refractivity contribution in [2.45, 2.75) is 39.2 Å². The molecule has 1 aromatic rings. The van der Waals surface area contributed by atoms with E-state index < -0.39 is 0 Å². The zero-order valence-electron chi connectivity index (χ0n) is 11.2. The van der Waals surface area contributed by atoms with E-state index in [1.165, 1.54) is 12.8 Å². The van der Waals surface area contributed by atoms with Crippen LogP contribution < -0.4 is 15.4 Å². The highest BCUT2D eigenvalue weighted by molar-refractivity contribution is 5.51. The van der Waals surface area contributed by atoms with Crippen molar-refractivity contribution in [2.24, 2.45) is 5.73 Å². The van der Waals surface area contributed by atoms with Crippen molar-refractivity contribution in [3.63, 3.8) is 0 Å². The van der Waals surface area contributed by atoms with Gasteiger partial charge < -0.3 is 15.4 Å². The van der Waals surface area contributed by atoms with E-state index in [-0.39, 0.29) is 0 Å². The van der Waals surface area contributed by atoms with E-state index >= 15 is 0 Å². The molecule has 1 aliphatic heterocycles. The highest BCUT2D eigenvalue weighted by Crippen LogP contribution is 2.28. The van der Waals surface area contributed by atoms with Crippen molar-refractivity contribution in [2.75, 3.05) is 24.6 Å². The molecule has 0 saturated carbocycles. The predicted molar refractivity (Wildman–Crippen MR) is 72.0 cm³/mol. The molecule has 1 aliphatic rings. The Kier molecular flexibility index (Phi) is 4.36. The molecule has 0 bridgehead atoms. The minimum absolute atomic E-state index is 0.391.